The lowest BCUT2D eigenvalue weighted by Crippen LogP contribution is -2.56. The minimum Gasteiger partial charge on any atom is -0.427 e. The number of fused-ring (bicyclic) bond motifs is 4. The molecule has 4 nitrogen and oxygen atoms in total. The van der Waals surface area contributed by atoms with Gasteiger partial charge < -0.3 is 10.0 Å². The summed E-state index contributed by atoms with van der Waals surface area (Å²) in [6.07, 6.45) is 4.49. The number of thioether (sulfide) groups is 1. The van der Waals surface area contributed by atoms with Gasteiger partial charge in [0.15, 0.2) is 0 Å². The minimum absolute atomic E-state index is 0.00893. The maximum atomic E-state index is 14.0. The molecule has 3 aliphatic rings. The van der Waals surface area contributed by atoms with E-state index in [0.29, 0.717) is 22.4 Å². The Balaban J connectivity index is 1.34. The number of nitrogens with zero attached hydrogens (tertiary/aromatic N) is 1. The van der Waals surface area contributed by atoms with Gasteiger partial charge in [0.25, 0.3) is 5.56 Å². The second-order valence-corrected chi connectivity index (χ2v) is 13.3. The fraction of sp³-hybridized carbons (Fsp3) is 0.323. The van der Waals surface area contributed by atoms with Gasteiger partial charge in [0.2, 0.25) is 0 Å². The van der Waals surface area contributed by atoms with Crippen molar-refractivity contribution in [3.05, 3.63) is 109 Å². The zero-order valence-corrected chi connectivity index (χ0v) is 23.6. The van der Waals surface area contributed by atoms with Crippen LogP contribution in [0.15, 0.2) is 76.6 Å². The standard InChI is InChI=1S/C31H28BCl2NO3S/c33-23-13-21(14-24(34)16-23)26-17-31(10-11-32(37)38)29(26)39-30-28(19-8-9-19)22(15-27(36)35(30)31)12-20-6-3-5-18-4-1-2-7-25(18)20/h1-7,13-16,19,26,29,37-38H,8-12,17H2/t26-,29?,31?/m0/s1. The number of pyridine rings is 1. The molecule has 2 aliphatic carbocycles. The fourth-order valence-corrected chi connectivity index (χ4v) is 9.50. The number of halogens is 2. The number of rotatable bonds is 7. The fourth-order valence-electron chi connectivity index (χ4n) is 6.96. The third-order valence-electron chi connectivity index (χ3n) is 8.84. The van der Waals surface area contributed by atoms with Crippen molar-refractivity contribution < 1.29 is 10.0 Å². The second kappa shape index (κ2) is 9.71. The van der Waals surface area contributed by atoms with E-state index in [1.807, 2.05) is 22.8 Å². The molecule has 0 radical (unpaired) electrons. The third-order valence-corrected chi connectivity index (χ3v) is 10.9. The number of hydrogen-bond donors (Lipinski definition) is 2. The Morgan fingerprint density at radius 1 is 0.974 bits per heavy atom. The van der Waals surface area contributed by atoms with Crippen LogP contribution in [0.4, 0.5) is 0 Å². The van der Waals surface area contributed by atoms with E-state index in [1.165, 1.54) is 21.9 Å². The molecule has 3 aromatic carbocycles. The Bertz CT molecular complexity index is 1640. The van der Waals surface area contributed by atoms with Crippen LogP contribution in [-0.2, 0) is 12.0 Å². The van der Waals surface area contributed by atoms with E-state index in [2.05, 4.69) is 42.5 Å². The van der Waals surface area contributed by atoms with Gasteiger partial charge in [0.1, 0.15) is 0 Å². The maximum absolute atomic E-state index is 14.0. The maximum Gasteiger partial charge on any atom is 0.451 e. The predicted molar refractivity (Wildman–Crippen MR) is 160 cm³/mol. The smallest absolute Gasteiger partial charge is 0.427 e. The highest BCUT2D eigenvalue weighted by atomic mass is 35.5. The monoisotopic (exact) mass is 575 g/mol. The largest absolute Gasteiger partial charge is 0.451 e. The molecule has 0 spiro atoms. The number of aromatic nitrogens is 1. The summed E-state index contributed by atoms with van der Waals surface area (Å²) in [6, 6.07) is 22.4. The van der Waals surface area contributed by atoms with Crippen molar-refractivity contribution in [2.24, 2.45) is 0 Å². The van der Waals surface area contributed by atoms with Gasteiger partial charge in [-0.15, -0.1) is 11.8 Å². The minimum atomic E-state index is -1.40. The van der Waals surface area contributed by atoms with Crippen LogP contribution in [0, 0.1) is 0 Å². The van der Waals surface area contributed by atoms with Crippen LogP contribution < -0.4 is 5.56 Å². The molecule has 1 aliphatic heterocycles. The van der Waals surface area contributed by atoms with E-state index in [9.17, 15) is 14.8 Å². The Labute approximate surface area is 242 Å². The Kier molecular flexibility index (Phi) is 6.41. The average Bonchev–Trinajstić information content (AvgIpc) is 3.68. The first-order chi connectivity index (χ1) is 18.8. The van der Waals surface area contributed by atoms with Gasteiger partial charge >= 0.3 is 7.12 Å². The molecule has 4 aromatic rings. The zero-order chi connectivity index (χ0) is 26.9. The number of benzene rings is 3. The molecule has 39 heavy (non-hydrogen) atoms. The van der Waals surface area contributed by atoms with Crippen LogP contribution in [0.3, 0.4) is 0 Å². The molecule has 1 aromatic heterocycles. The quantitative estimate of drug-likeness (QED) is 0.233. The van der Waals surface area contributed by atoms with Gasteiger partial charge in [-0.25, -0.2) is 0 Å². The molecule has 2 heterocycles. The summed E-state index contributed by atoms with van der Waals surface area (Å²) in [4.78, 5) is 14.0. The van der Waals surface area contributed by atoms with E-state index in [-0.39, 0.29) is 23.0 Å². The SMILES string of the molecule is O=c1cc(Cc2cccc3ccccc23)c(C2CC2)c2n1C1(CCB(O)O)C[C@@H](c3cc(Cl)cc(Cl)c3)C1S2. The first-order valence-corrected chi connectivity index (χ1v) is 15.2. The topological polar surface area (TPSA) is 62.5 Å². The highest BCUT2D eigenvalue weighted by Gasteiger charge is 2.61. The molecule has 0 bridgehead atoms. The predicted octanol–water partition coefficient (Wildman–Crippen LogP) is 7.00. The van der Waals surface area contributed by atoms with E-state index < -0.39 is 12.7 Å². The summed E-state index contributed by atoms with van der Waals surface area (Å²) < 4.78 is 2.02. The molecule has 2 N–H and O–H groups in total. The Morgan fingerprint density at radius 2 is 1.72 bits per heavy atom. The summed E-state index contributed by atoms with van der Waals surface area (Å²) in [5.74, 6) is 0.635. The average molecular weight is 576 g/mol. The molecular formula is C31H28BCl2NO3S. The molecule has 198 valence electrons. The van der Waals surface area contributed by atoms with E-state index in [0.717, 1.165) is 41.8 Å². The molecule has 3 atom stereocenters. The first kappa shape index (κ1) is 25.7. The Hall–Kier alpha value is -2.22. The highest BCUT2D eigenvalue weighted by Crippen LogP contribution is 2.65. The first-order valence-electron chi connectivity index (χ1n) is 13.6. The van der Waals surface area contributed by atoms with Crippen LogP contribution >= 0.6 is 35.0 Å². The lowest BCUT2D eigenvalue weighted by atomic mass is 9.60. The van der Waals surface area contributed by atoms with Crippen molar-refractivity contribution in [3.63, 3.8) is 0 Å². The van der Waals surface area contributed by atoms with E-state index >= 15 is 0 Å². The van der Waals surface area contributed by atoms with Crippen molar-refractivity contribution >= 4 is 52.9 Å². The van der Waals surface area contributed by atoms with Crippen molar-refractivity contribution in [1.29, 1.82) is 0 Å². The van der Waals surface area contributed by atoms with Gasteiger partial charge in [-0.1, -0.05) is 65.7 Å². The van der Waals surface area contributed by atoms with Gasteiger partial charge in [-0.05, 0) is 95.6 Å². The van der Waals surface area contributed by atoms with Crippen LogP contribution in [0.1, 0.15) is 59.8 Å². The van der Waals surface area contributed by atoms with Crippen LogP contribution in [0.25, 0.3) is 10.8 Å². The highest BCUT2D eigenvalue weighted by molar-refractivity contribution is 8.00. The normalized spacial score (nSPS) is 23.4. The lowest BCUT2D eigenvalue weighted by molar-refractivity contribution is 0.113. The molecule has 0 amide bonds. The van der Waals surface area contributed by atoms with Crippen molar-refractivity contribution in [2.75, 3.05) is 0 Å². The van der Waals surface area contributed by atoms with Gasteiger partial charge in [0, 0.05) is 27.3 Å². The molecule has 2 unspecified atom stereocenters. The lowest BCUT2D eigenvalue weighted by Gasteiger charge is -2.51. The molecule has 8 heteroatoms. The molecule has 2 fully saturated rings. The van der Waals surface area contributed by atoms with Gasteiger partial charge in [-0.2, -0.15) is 0 Å². The second-order valence-electron chi connectivity index (χ2n) is 11.3. The van der Waals surface area contributed by atoms with Crippen molar-refractivity contribution in [2.45, 2.75) is 66.1 Å². The summed E-state index contributed by atoms with van der Waals surface area (Å²) in [7, 11) is -1.40. The van der Waals surface area contributed by atoms with Gasteiger partial charge in [0.05, 0.1) is 10.6 Å². The Morgan fingerprint density at radius 3 is 2.46 bits per heavy atom. The molecule has 0 saturated heterocycles. The number of hydrogen-bond acceptors (Lipinski definition) is 4. The summed E-state index contributed by atoms with van der Waals surface area (Å²) in [5, 5.41) is 24.4. The van der Waals surface area contributed by atoms with E-state index in [4.69, 9.17) is 23.2 Å². The zero-order valence-electron chi connectivity index (χ0n) is 21.3. The molecule has 7 rings (SSSR count). The third kappa shape index (κ3) is 4.36. The van der Waals surface area contributed by atoms with Crippen LogP contribution in [0.2, 0.25) is 16.4 Å². The van der Waals surface area contributed by atoms with Gasteiger partial charge in [-0.3, -0.25) is 9.36 Å². The van der Waals surface area contributed by atoms with Crippen LogP contribution in [0.5, 0.6) is 0 Å². The summed E-state index contributed by atoms with van der Waals surface area (Å²) in [5.41, 5.74) is 4.30. The summed E-state index contributed by atoms with van der Waals surface area (Å²) >= 11 is 14.5. The van der Waals surface area contributed by atoms with Crippen molar-refractivity contribution in [3.8, 4) is 0 Å². The van der Waals surface area contributed by atoms with E-state index in [1.54, 1.807) is 17.8 Å². The van der Waals surface area contributed by atoms with Crippen LogP contribution in [-0.4, -0.2) is 27.0 Å². The molecular weight excluding hydrogens is 548 g/mol. The molecule has 2 saturated carbocycles. The summed E-state index contributed by atoms with van der Waals surface area (Å²) in [6.45, 7) is 0. The van der Waals surface area contributed by atoms with Crippen molar-refractivity contribution in [1.82, 2.24) is 4.57 Å².